The van der Waals surface area contributed by atoms with Crippen LogP contribution in [0.4, 0.5) is 18.9 Å². The molecular weight excluding hydrogens is 491 g/mol. The monoisotopic (exact) mass is 523 g/mol. The molecule has 0 heterocycles. The number of carbonyl (C=O) groups excluding carboxylic acids is 1. The van der Waals surface area contributed by atoms with Crippen molar-refractivity contribution in [3.05, 3.63) is 59.7 Å². The average Bonchev–Trinajstić information content (AvgIpc) is 3.63. The molecule has 2 saturated carbocycles. The van der Waals surface area contributed by atoms with Gasteiger partial charge in [-0.15, -0.1) is 0 Å². The van der Waals surface area contributed by atoms with Gasteiger partial charge in [0.05, 0.1) is 17.1 Å². The Morgan fingerprint density at radius 2 is 1.50 bits per heavy atom. The number of benzene rings is 2. The number of sulfone groups is 1. The first-order valence-corrected chi connectivity index (χ1v) is 14.1. The third-order valence-electron chi connectivity index (χ3n) is 7.22. The van der Waals surface area contributed by atoms with Gasteiger partial charge in [-0.2, -0.15) is 13.2 Å². The molecule has 0 aromatic heterocycles. The Balaban J connectivity index is 1.38. The first-order valence-electron chi connectivity index (χ1n) is 12.5. The molecule has 2 N–H and O–H groups in total. The number of amides is 1. The summed E-state index contributed by atoms with van der Waals surface area (Å²) in [4.78, 5) is 12.7. The van der Waals surface area contributed by atoms with E-state index in [0.29, 0.717) is 24.1 Å². The number of alkyl halides is 3. The first kappa shape index (κ1) is 26.7. The van der Waals surface area contributed by atoms with Crippen LogP contribution in [0.2, 0.25) is 0 Å². The quantitative estimate of drug-likeness (QED) is 0.437. The summed E-state index contributed by atoms with van der Waals surface area (Å²) in [6.07, 6.45) is 0.813. The lowest BCUT2D eigenvalue weighted by molar-refractivity contribution is -0.273. The third-order valence-corrected chi connectivity index (χ3v) is 9.12. The molecule has 4 rings (SSSR count). The zero-order valence-corrected chi connectivity index (χ0v) is 20.9. The van der Waals surface area contributed by atoms with Crippen molar-refractivity contribution >= 4 is 21.4 Å². The molecule has 0 spiro atoms. The molecule has 2 aliphatic rings. The predicted octanol–water partition coefficient (Wildman–Crippen LogP) is 5.77. The van der Waals surface area contributed by atoms with Crippen LogP contribution in [-0.2, 0) is 26.7 Å². The summed E-state index contributed by atoms with van der Waals surface area (Å²) in [7, 11) is -3.33. The summed E-state index contributed by atoms with van der Waals surface area (Å²) in [6.45, 7) is 0. The van der Waals surface area contributed by atoms with Gasteiger partial charge in [0.2, 0.25) is 5.91 Å². The smallest absolute Gasteiger partial charge is 0.376 e. The van der Waals surface area contributed by atoms with Crippen LogP contribution in [0.15, 0.2) is 53.4 Å². The number of halogens is 3. The van der Waals surface area contributed by atoms with Gasteiger partial charge >= 0.3 is 6.18 Å². The average molecular weight is 524 g/mol. The van der Waals surface area contributed by atoms with Gasteiger partial charge in [0.1, 0.15) is 0 Å². The lowest BCUT2D eigenvalue weighted by Gasteiger charge is -2.35. The lowest BCUT2D eigenvalue weighted by Crippen LogP contribution is -2.44. The van der Waals surface area contributed by atoms with E-state index in [0.717, 1.165) is 32.1 Å². The van der Waals surface area contributed by atoms with Crippen LogP contribution in [0.3, 0.4) is 0 Å². The Hall–Kier alpha value is -2.39. The normalized spacial score (nSPS) is 19.0. The van der Waals surface area contributed by atoms with Crippen molar-refractivity contribution in [3.63, 3.8) is 0 Å². The SMILES string of the molecule is O=C(Cc1ccc(S(=O)(=O)CC2CC2)cc1)Nc1ccc(C(O)(CC2CCCCC2)C(F)(F)F)cc1. The summed E-state index contributed by atoms with van der Waals surface area (Å²) < 4.78 is 66.4. The predicted molar refractivity (Wildman–Crippen MR) is 131 cm³/mol. The highest BCUT2D eigenvalue weighted by atomic mass is 32.2. The minimum absolute atomic E-state index is 0.0150. The maximum atomic E-state index is 13.9. The Morgan fingerprint density at radius 3 is 2.06 bits per heavy atom. The second kappa shape index (κ2) is 10.5. The summed E-state index contributed by atoms with van der Waals surface area (Å²) in [5, 5.41) is 13.4. The van der Waals surface area contributed by atoms with Gasteiger partial charge in [-0.05, 0) is 66.5 Å². The summed E-state index contributed by atoms with van der Waals surface area (Å²) in [6, 6.07) is 11.3. The van der Waals surface area contributed by atoms with E-state index in [9.17, 15) is 31.5 Å². The Kier molecular flexibility index (Phi) is 7.80. The molecule has 2 aromatic rings. The largest absolute Gasteiger partial charge is 0.421 e. The van der Waals surface area contributed by atoms with Crippen LogP contribution in [-0.4, -0.2) is 31.4 Å². The van der Waals surface area contributed by atoms with Crippen molar-refractivity contribution in [2.24, 2.45) is 11.8 Å². The molecule has 36 heavy (non-hydrogen) atoms. The van der Waals surface area contributed by atoms with Gasteiger partial charge in [0, 0.05) is 5.69 Å². The second-order valence-electron chi connectivity index (χ2n) is 10.2. The fourth-order valence-electron chi connectivity index (χ4n) is 4.93. The minimum atomic E-state index is -4.81. The third kappa shape index (κ3) is 6.48. The minimum Gasteiger partial charge on any atom is -0.376 e. The van der Waals surface area contributed by atoms with Gasteiger partial charge in [-0.1, -0.05) is 56.4 Å². The highest BCUT2D eigenvalue weighted by molar-refractivity contribution is 7.91. The van der Waals surface area contributed by atoms with Gasteiger partial charge in [0.25, 0.3) is 0 Å². The van der Waals surface area contributed by atoms with E-state index >= 15 is 0 Å². The van der Waals surface area contributed by atoms with Crippen LogP contribution >= 0.6 is 0 Å². The Labute approximate surface area is 210 Å². The van der Waals surface area contributed by atoms with Crippen molar-refractivity contribution in [3.8, 4) is 0 Å². The van der Waals surface area contributed by atoms with E-state index in [2.05, 4.69) is 5.32 Å². The molecule has 2 aliphatic carbocycles. The van der Waals surface area contributed by atoms with Crippen molar-refractivity contribution in [2.45, 2.75) is 74.5 Å². The van der Waals surface area contributed by atoms with Gasteiger partial charge in [-0.25, -0.2) is 8.42 Å². The molecular formula is C27H32F3NO4S. The number of nitrogens with one attached hydrogen (secondary N) is 1. The Bertz CT molecular complexity index is 1150. The highest BCUT2D eigenvalue weighted by Gasteiger charge is 2.55. The zero-order valence-electron chi connectivity index (χ0n) is 20.1. The molecule has 9 heteroatoms. The molecule has 1 unspecified atom stereocenters. The standard InChI is InChI=1S/C27H32F3NO4S/c28-27(29,30)26(33,17-20-4-2-1-3-5-20)22-10-12-23(13-11-22)31-25(32)16-19-8-14-24(15-9-19)36(34,35)18-21-6-7-21/h8-15,20-21,33H,1-7,16-18H2,(H,31,32). The van der Waals surface area contributed by atoms with Crippen LogP contribution in [0.25, 0.3) is 0 Å². The number of carbonyl (C=O) groups is 1. The van der Waals surface area contributed by atoms with Crippen molar-refractivity contribution < 1.29 is 31.5 Å². The van der Waals surface area contributed by atoms with Crippen LogP contribution in [0.5, 0.6) is 0 Å². The van der Waals surface area contributed by atoms with Crippen LogP contribution in [0.1, 0.15) is 62.5 Å². The van der Waals surface area contributed by atoms with Crippen LogP contribution < -0.4 is 5.32 Å². The molecule has 0 radical (unpaired) electrons. The molecule has 196 valence electrons. The van der Waals surface area contributed by atoms with E-state index in [1.807, 2.05) is 0 Å². The maximum absolute atomic E-state index is 13.9. The van der Waals surface area contributed by atoms with Crippen LogP contribution in [0, 0.1) is 11.8 Å². The van der Waals surface area contributed by atoms with E-state index < -0.39 is 21.6 Å². The summed E-state index contributed by atoms with van der Waals surface area (Å²) in [5.41, 5.74) is -2.23. The van der Waals surface area contributed by atoms with Gasteiger partial charge in [0.15, 0.2) is 15.4 Å². The maximum Gasteiger partial charge on any atom is 0.421 e. The highest BCUT2D eigenvalue weighted by Crippen LogP contribution is 2.46. The van der Waals surface area contributed by atoms with Gasteiger partial charge in [-0.3, -0.25) is 4.79 Å². The van der Waals surface area contributed by atoms with E-state index in [1.54, 1.807) is 12.1 Å². The van der Waals surface area contributed by atoms with Crippen molar-refractivity contribution in [1.82, 2.24) is 0 Å². The Morgan fingerprint density at radius 1 is 0.889 bits per heavy atom. The van der Waals surface area contributed by atoms with Crippen molar-refractivity contribution in [2.75, 3.05) is 11.1 Å². The topological polar surface area (TPSA) is 83.5 Å². The number of hydrogen-bond acceptors (Lipinski definition) is 4. The second-order valence-corrected chi connectivity index (χ2v) is 12.3. The molecule has 5 nitrogen and oxygen atoms in total. The summed E-state index contributed by atoms with van der Waals surface area (Å²) >= 11 is 0. The lowest BCUT2D eigenvalue weighted by atomic mass is 9.77. The summed E-state index contributed by atoms with van der Waals surface area (Å²) in [5.74, 6) is -0.178. The molecule has 0 aliphatic heterocycles. The first-order chi connectivity index (χ1) is 17.0. The number of rotatable bonds is 9. The van der Waals surface area contributed by atoms with E-state index in [4.69, 9.17) is 0 Å². The number of hydrogen-bond donors (Lipinski definition) is 2. The fraction of sp³-hybridized carbons (Fsp3) is 0.519. The van der Waals surface area contributed by atoms with Gasteiger partial charge < -0.3 is 10.4 Å². The molecule has 2 aromatic carbocycles. The number of aliphatic hydroxyl groups is 1. The molecule has 1 atom stereocenters. The van der Waals surface area contributed by atoms with Crippen molar-refractivity contribution in [1.29, 1.82) is 0 Å². The number of anilines is 1. The zero-order chi connectivity index (χ0) is 26.0. The molecule has 1 amide bonds. The fourth-order valence-corrected chi connectivity index (χ4v) is 6.63. The molecule has 0 bridgehead atoms. The van der Waals surface area contributed by atoms with E-state index in [-0.39, 0.29) is 46.8 Å². The molecule has 2 fully saturated rings. The van der Waals surface area contributed by atoms with E-state index in [1.165, 1.54) is 36.4 Å². The molecule has 0 saturated heterocycles.